The van der Waals surface area contributed by atoms with Crippen molar-refractivity contribution in [2.45, 2.75) is 18.5 Å². The van der Waals surface area contributed by atoms with Crippen molar-refractivity contribution in [3.8, 4) is 11.3 Å². The number of nitro groups is 1. The fourth-order valence-electron chi connectivity index (χ4n) is 3.33. The second kappa shape index (κ2) is 8.27. The molecule has 2 aromatic carbocycles. The van der Waals surface area contributed by atoms with E-state index in [9.17, 15) is 10.1 Å². The van der Waals surface area contributed by atoms with Crippen LogP contribution in [0.1, 0.15) is 24.1 Å². The molecule has 5 rings (SSSR count). The third kappa shape index (κ3) is 3.74. The molecule has 0 fully saturated rings. The van der Waals surface area contributed by atoms with Gasteiger partial charge in [-0.1, -0.05) is 37.3 Å². The first-order chi connectivity index (χ1) is 15.6. The van der Waals surface area contributed by atoms with Crippen LogP contribution < -0.4 is 0 Å². The molecular weight excluding hydrogens is 426 g/mol. The number of non-ortho nitro benzene ring substituents is 1. The molecule has 1 aliphatic heterocycles. The predicted octanol–water partition coefficient (Wildman–Crippen LogP) is 5.41. The number of thioether (sulfide) groups is 1. The van der Waals surface area contributed by atoms with Crippen molar-refractivity contribution in [2.24, 2.45) is 5.10 Å². The number of furan rings is 1. The van der Waals surface area contributed by atoms with Gasteiger partial charge in [-0.05, 0) is 42.1 Å². The van der Waals surface area contributed by atoms with Gasteiger partial charge in [0.05, 0.1) is 4.92 Å². The van der Waals surface area contributed by atoms with Gasteiger partial charge in [0.15, 0.2) is 5.82 Å². The Balaban J connectivity index is 1.52. The van der Waals surface area contributed by atoms with Gasteiger partial charge < -0.3 is 4.42 Å². The van der Waals surface area contributed by atoms with Crippen LogP contribution in [0.15, 0.2) is 86.3 Å². The first-order valence-electron chi connectivity index (χ1n) is 9.95. The molecule has 0 unspecified atom stereocenters. The largest absolute Gasteiger partial charge is 0.457 e. The Hall–Kier alpha value is -3.98. The first kappa shape index (κ1) is 20.0. The van der Waals surface area contributed by atoms with Crippen molar-refractivity contribution in [1.82, 2.24) is 14.9 Å². The van der Waals surface area contributed by atoms with Gasteiger partial charge in [0, 0.05) is 34.6 Å². The van der Waals surface area contributed by atoms with Crippen molar-refractivity contribution >= 4 is 29.2 Å². The number of hydrogen-bond acceptors (Lipinski definition) is 7. The number of nitro benzene ring substituents is 1. The van der Waals surface area contributed by atoms with Gasteiger partial charge in [-0.15, -0.1) is 10.2 Å². The summed E-state index contributed by atoms with van der Waals surface area (Å²) in [5, 5.41) is 24.9. The highest BCUT2D eigenvalue weighted by Crippen LogP contribution is 2.35. The second-order valence-electron chi connectivity index (χ2n) is 7.00. The third-order valence-electron chi connectivity index (χ3n) is 4.94. The summed E-state index contributed by atoms with van der Waals surface area (Å²) in [6, 6.07) is 19.9. The van der Waals surface area contributed by atoms with E-state index in [4.69, 9.17) is 9.52 Å². The number of aryl methyl sites for hydroxylation is 1. The van der Waals surface area contributed by atoms with Crippen LogP contribution in [-0.4, -0.2) is 25.5 Å². The van der Waals surface area contributed by atoms with Crippen LogP contribution in [0.5, 0.6) is 0 Å². The van der Waals surface area contributed by atoms with E-state index in [1.807, 2.05) is 55.5 Å². The van der Waals surface area contributed by atoms with E-state index in [-0.39, 0.29) is 5.69 Å². The zero-order chi connectivity index (χ0) is 22.1. The number of aromatic nitrogens is 3. The van der Waals surface area contributed by atoms with Gasteiger partial charge in [-0.25, -0.2) is 0 Å². The van der Waals surface area contributed by atoms with Crippen LogP contribution in [-0.2, 0) is 6.42 Å². The molecule has 0 amide bonds. The van der Waals surface area contributed by atoms with Crippen molar-refractivity contribution in [2.75, 3.05) is 0 Å². The van der Waals surface area contributed by atoms with Gasteiger partial charge in [0.2, 0.25) is 5.16 Å². The Bertz CT molecular complexity index is 1350. The summed E-state index contributed by atoms with van der Waals surface area (Å²) in [5.41, 5.74) is 2.60. The van der Waals surface area contributed by atoms with Gasteiger partial charge in [0.1, 0.15) is 17.2 Å². The smallest absolute Gasteiger partial charge is 0.269 e. The van der Waals surface area contributed by atoms with Crippen LogP contribution in [0.2, 0.25) is 0 Å². The van der Waals surface area contributed by atoms with E-state index in [1.54, 1.807) is 16.8 Å². The first-order valence-corrected chi connectivity index (χ1v) is 10.8. The highest BCUT2D eigenvalue weighted by molar-refractivity contribution is 8.04. The molecule has 0 aliphatic carbocycles. The lowest BCUT2D eigenvalue weighted by molar-refractivity contribution is -0.384. The minimum atomic E-state index is -0.421. The van der Waals surface area contributed by atoms with Gasteiger partial charge in [-0.3, -0.25) is 10.1 Å². The number of nitrogens with zero attached hydrogens (tertiary/aromatic N) is 5. The molecule has 0 N–H and O–H groups in total. The monoisotopic (exact) mass is 443 g/mol. The SMILES string of the molecule is CCc1nnc2n1N=C(c1ccccc1)/C(=C\c1ccc(-c3ccc([N+](=O)[O-])cc3)o1)S2. The second-order valence-corrected chi connectivity index (χ2v) is 8.00. The molecule has 32 heavy (non-hydrogen) atoms. The predicted molar refractivity (Wildman–Crippen MR) is 122 cm³/mol. The maximum Gasteiger partial charge on any atom is 0.269 e. The Morgan fingerprint density at radius 2 is 1.81 bits per heavy atom. The molecule has 9 heteroatoms. The van der Waals surface area contributed by atoms with Crippen LogP contribution in [0, 0.1) is 10.1 Å². The number of benzene rings is 2. The maximum absolute atomic E-state index is 10.9. The van der Waals surface area contributed by atoms with Gasteiger partial charge >= 0.3 is 0 Å². The van der Waals surface area contributed by atoms with E-state index < -0.39 is 4.92 Å². The zero-order valence-electron chi connectivity index (χ0n) is 17.0. The average molecular weight is 443 g/mol. The fraction of sp³-hybridized carbons (Fsp3) is 0.0870. The fourth-order valence-corrected chi connectivity index (χ4v) is 4.27. The number of fused-ring (bicyclic) bond motifs is 1. The summed E-state index contributed by atoms with van der Waals surface area (Å²) in [5.74, 6) is 2.08. The van der Waals surface area contributed by atoms with Crippen LogP contribution in [0.25, 0.3) is 17.4 Å². The summed E-state index contributed by atoms with van der Waals surface area (Å²) in [7, 11) is 0. The van der Waals surface area contributed by atoms with Gasteiger partial charge in [0.25, 0.3) is 5.69 Å². The molecular formula is C23H17N5O3S. The van der Waals surface area contributed by atoms with Crippen molar-refractivity contribution in [3.63, 3.8) is 0 Å². The zero-order valence-corrected chi connectivity index (χ0v) is 17.8. The van der Waals surface area contributed by atoms with E-state index >= 15 is 0 Å². The lowest BCUT2D eigenvalue weighted by Crippen LogP contribution is -2.13. The van der Waals surface area contributed by atoms with E-state index in [0.717, 1.165) is 34.0 Å². The topological polar surface area (TPSA) is 99.3 Å². The molecule has 0 saturated heterocycles. The Labute approximate surface area is 187 Å². The van der Waals surface area contributed by atoms with Crippen molar-refractivity contribution in [1.29, 1.82) is 0 Å². The maximum atomic E-state index is 10.9. The number of hydrogen-bond donors (Lipinski definition) is 0. The molecule has 158 valence electrons. The number of allylic oxidation sites excluding steroid dienone is 1. The summed E-state index contributed by atoms with van der Waals surface area (Å²) in [6.45, 7) is 2.02. The normalized spacial score (nSPS) is 14.3. The van der Waals surface area contributed by atoms with Crippen LogP contribution >= 0.6 is 11.8 Å². The van der Waals surface area contributed by atoms with Gasteiger partial charge in [-0.2, -0.15) is 9.78 Å². The summed E-state index contributed by atoms with van der Waals surface area (Å²) < 4.78 is 7.80. The van der Waals surface area contributed by atoms with E-state index in [0.29, 0.717) is 16.7 Å². The average Bonchev–Trinajstić information content (AvgIpc) is 3.46. The molecule has 0 spiro atoms. The molecule has 0 saturated carbocycles. The van der Waals surface area contributed by atoms with Crippen LogP contribution in [0.4, 0.5) is 5.69 Å². The summed E-state index contributed by atoms with van der Waals surface area (Å²) in [4.78, 5) is 11.4. The molecule has 3 heterocycles. The minimum absolute atomic E-state index is 0.0422. The Morgan fingerprint density at radius 3 is 2.53 bits per heavy atom. The molecule has 0 atom stereocenters. The molecule has 2 aromatic heterocycles. The number of rotatable bonds is 5. The lowest BCUT2D eigenvalue weighted by atomic mass is 10.1. The highest BCUT2D eigenvalue weighted by atomic mass is 32.2. The molecule has 8 nitrogen and oxygen atoms in total. The van der Waals surface area contributed by atoms with E-state index in [1.165, 1.54) is 23.9 Å². The molecule has 1 aliphatic rings. The minimum Gasteiger partial charge on any atom is -0.457 e. The van der Waals surface area contributed by atoms with Crippen molar-refractivity contribution in [3.05, 3.63) is 98.9 Å². The third-order valence-corrected chi connectivity index (χ3v) is 5.91. The van der Waals surface area contributed by atoms with E-state index in [2.05, 4.69) is 10.2 Å². The summed E-state index contributed by atoms with van der Waals surface area (Å²) >= 11 is 1.49. The Morgan fingerprint density at radius 1 is 1.03 bits per heavy atom. The molecule has 0 radical (unpaired) electrons. The summed E-state index contributed by atoms with van der Waals surface area (Å²) in [6.07, 6.45) is 2.66. The lowest BCUT2D eigenvalue weighted by Gasteiger charge is -2.16. The van der Waals surface area contributed by atoms with Crippen LogP contribution in [0.3, 0.4) is 0 Å². The Kier molecular flexibility index (Phi) is 5.16. The highest BCUT2D eigenvalue weighted by Gasteiger charge is 2.24. The quantitative estimate of drug-likeness (QED) is 0.302. The molecule has 4 aromatic rings. The van der Waals surface area contributed by atoms with Crippen molar-refractivity contribution < 1.29 is 9.34 Å². The molecule has 0 bridgehead atoms. The standard InChI is InChI=1S/C23H17N5O3S/c1-2-21-24-25-23-27(21)26-22(16-6-4-3-5-7-16)20(32-23)14-18-12-13-19(31-18)15-8-10-17(11-9-15)28(29)30/h3-14H,2H2,1H3/b20-14+.